The van der Waals surface area contributed by atoms with Crippen LogP contribution in [0.1, 0.15) is 56.6 Å². The topological polar surface area (TPSA) is 44.0 Å². The van der Waals surface area contributed by atoms with Crippen LogP contribution in [-0.2, 0) is 11.8 Å². The molecule has 0 saturated heterocycles. The molecule has 20 heavy (non-hydrogen) atoms. The third kappa shape index (κ3) is 1.80. The quantitative estimate of drug-likeness (QED) is 0.889. The molecule has 1 N–H and O–H groups in total. The fourth-order valence-corrected chi connectivity index (χ4v) is 4.40. The first-order valence-electron chi connectivity index (χ1n) is 7.87. The van der Waals surface area contributed by atoms with Crippen molar-refractivity contribution < 1.29 is 5.11 Å². The van der Waals surface area contributed by atoms with Gasteiger partial charge in [0.15, 0.2) is 0 Å². The smallest absolute Gasteiger partial charge is 0.111 e. The largest absolute Gasteiger partial charge is 0.388 e. The molecule has 1 aromatic rings. The van der Waals surface area contributed by atoms with E-state index in [4.69, 9.17) is 0 Å². The number of rotatable bonds is 2. The van der Waals surface area contributed by atoms with E-state index in [1.54, 1.807) is 0 Å². The molecule has 3 rings (SSSR count). The van der Waals surface area contributed by atoms with Crippen molar-refractivity contribution in [3.05, 3.63) is 35.4 Å². The van der Waals surface area contributed by atoms with Crippen molar-refractivity contribution >= 4 is 0 Å². The molecule has 0 radical (unpaired) electrons. The molecule has 2 aliphatic carbocycles. The number of aliphatic hydroxyl groups is 1. The van der Waals surface area contributed by atoms with E-state index < -0.39 is 11.0 Å². The van der Waals surface area contributed by atoms with Gasteiger partial charge in [-0.25, -0.2) is 0 Å². The van der Waals surface area contributed by atoms with Crippen molar-refractivity contribution in [1.29, 1.82) is 5.26 Å². The summed E-state index contributed by atoms with van der Waals surface area (Å²) < 4.78 is 0. The number of hydrogen-bond donors (Lipinski definition) is 1. The van der Waals surface area contributed by atoms with Crippen molar-refractivity contribution in [3.63, 3.8) is 0 Å². The van der Waals surface area contributed by atoms with Gasteiger partial charge in [0, 0.05) is 0 Å². The Morgan fingerprint density at radius 1 is 1.35 bits per heavy atom. The second-order valence-corrected chi connectivity index (χ2v) is 6.58. The number of nitrogens with zero attached hydrogens (tertiary/aromatic N) is 1. The predicted octanol–water partition coefficient (Wildman–Crippen LogP) is 3.73. The number of nitriles is 1. The second-order valence-electron chi connectivity index (χ2n) is 6.58. The summed E-state index contributed by atoms with van der Waals surface area (Å²) in [5.41, 5.74) is 0.826. The highest BCUT2D eigenvalue weighted by Gasteiger charge is 2.56. The summed E-state index contributed by atoms with van der Waals surface area (Å²) in [6.07, 6.45) is 6.55. The van der Waals surface area contributed by atoms with Gasteiger partial charge >= 0.3 is 0 Å². The molecular formula is C18H23NO. The van der Waals surface area contributed by atoms with Crippen LogP contribution in [0.3, 0.4) is 0 Å². The van der Waals surface area contributed by atoms with Crippen molar-refractivity contribution in [1.82, 2.24) is 0 Å². The predicted molar refractivity (Wildman–Crippen MR) is 79.3 cm³/mol. The maximum atomic E-state index is 11.3. The zero-order valence-electron chi connectivity index (χ0n) is 12.2. The number of hydrogen-bond acceptors (Lipinski definition) is 2. The molecule has 0 heterocycles. The van der Waals surface area contributed by atoms with Gasteiger partial charge in [0.1, 0.15) is 5.41 Å². The monoisotopic (exact) mass is 269 g/mol. The molecule has 1 fully saturated rings. The van der Waals surface area contributed by atoms with E-state index in [-0.39, 0.29) is 0 Å². The Morgan fingerprint density at radius 2 is 2.15 bits per heavy atom. The Labute approximate surface area is 121 Å². The minimum absolute atomic E-state index is 0.569. The van der Waals surface area contributed by atoms with Gasteiger partial charge in [-0.05, 0) is 55.6 Å². The summed E-state index contributed by atoms with van der Waals surface area (Å²) in [7, 11) is 0. The molecule has 0 amide bonds. The van der Waals surface area contributed by atoms with E-state index in [2.05, 4.69) is 25.1 Å². The zero-order chi connectivity index (χ0) is 14.2. The highest BCUT2D eigenvalue weighted by molar-refractivity contribution is 5.45. The minimum atomic E-state index is -0.834. The molecule has 0 aromatic heterocycles. The van der Waals surface area contributed by atoms with Crippen LogP contribution in [0.4, 0.5) is 0 Å². The first-order chi connectivity index (χ1) is 9.65. The van der Waals surface area contributed by atoms with Crippen LogP contribution in [0.25, 0.3) is 0 Å². The summed E-state index contributed by atoms with van der Waals surface area (Å²) in [4.78, 5) is 0. The average molecular weight is 269 g/mol. The SMILES string of the molecule is CCC1CCC(O)(C2(C#N)CCCc3ccccc32)C1. The molecule has 106 valence electrons. The lowest BCUT2D eigenvalue weighted by Crippen LogP contribution is -2.51. The molecule has 2 nitrogen and oxygen atoms in total. The fourth-order valence-electron chi connectivity index (χ4n) is 4.40. The molecule has 0 aliphatic heterocycles. The van der Waals surface area contributed by atoms with Crippen LogP contribution in [0.15, 0.2) is 24.3 Å². The van der Waals surface area contributed by atoms with Crippen LogP contribution in [0, 0.1) is 17.2 Å². The van der Waals surface area contributed by atoms with Crippen LogP contribution in [0.5, 0.6) is 0 Å². The molecule has 2 aliphatic rings. The van der Waals surface area contributed by atoms with Crippen LogP contribution in [0.2, 0.25) is 0 Å². The standard InChI is InChI=1S/C18H23NO/c1-2-14-9-11-18(20,12-14)17(13-19)10-5-7-15-6-3-4-8-16(15)17/h3-4,6,8,14,20H,2,5,7,9-12H2,1H3. The normalized spacial score (nSPS) is 36.4. The van der Waals surface area contributed by atoms with Gasteiger partial charge in [-0.1, -0.05) is 37.6 Å². The average Bonchev–Trinajstić information content (AvgIpc) is 2.89. The molecule has 3 unspecified atom stereocenters. The van der Waals surface area contributed by atoms with Gasteiger partial charge in [0.05, 0.1) is 11.7 Å². The lowest BCUT2D eigenvalue weighted by Gasteiger charge is -2.44. The van der Waals surface area contributed by atoms with Crippen LogP contribution < -0.4 is 0 Å². The maximum Gasteiger partial charge on any atom is 0.111 e. The minimum Gasteiger partial charge on any atom is -0.388 e. The molecule has 1 aromatic carbocycles. The van der Waals surface area contributed by atoms with Gasteiger partial charge in [-0.2, -0.15) is 5.26 Å². The summed E-state index contributed by atoms with van der Waals surface area (Å²) in [6, 6.07) is 10.8. The molecule has 1 saturated carbocycles. The van der Waals surface area contributed by atoms with Crippen molar-refractivity contribution in [2.45, 2.75) is 62.9 Å². The van der Waals surface area contributed by atoms with E-state index >= 15 is 0 Å². The molecule has 3 atom stereocenters. The first kappa shape index (κ1) is 13.6. The fraction of sp³-hybridized carbons (Fsp3) is 0.611. The number of fused-ring (bicyclic) bond motifs is 1. The highest BCUT2D eigenvalue weighted by atomic mass is 16.3. The van der Waals surface area contributed by atoms with E-state index in [1.807, 2.05) is 12.1 Å². The maximum absolute atomic E-state index is 11.3. The summed E-state index contributed by atoms with van der Waals surface area (Å²) in [6.45, 7) is 2.18. The first-order valence-corrected chi connectivity index (χ1v) is 7.87. The van der Waals surface area contributed by atoms with Gasteiger partial charge in [-0.15, -0.1) is 0 Å². The van der Waals surface area contributed by atoms with Gasteiger partial charge in [-0.3, -0.25) is 0 Å². The lowest BCUT2D eigenvalue weighted by atomic mass is 9.60. The van der Waals surface area contributed by atoms with Gasteiger partial charge < -0.3 is 5.11 Å². The number of benzene rings is 1. The Bertz CT molecular complexity index is 547. The molecule has 2 heteroatoms. The summed E-state index contributed by atoms with van der Waals surface area (Å²) in [5, 5.41) is 21.3. The number of aryl methyl sites for hydroxylation is 1. The Hall–Kier alpha value is -1.33. The second kappa shape index (κ2) is 4.90. The Balaban J connectivity index is 2.08. The van der Waals surface area contributed by atoms with Crippen molar-refractivity contribution in [2.75, 3.05) is 0 Å². The van der Waals surface area contributed by atoms with Crippen LogP contribution in [-0.4, -0.2) is 10.7 Å². The molecule has 0 bridgehead atoms. The third-order valence-electron chi connectivity index (χ3n) is 5.63. The van der Waals surface area contributed by atoms with E-state index in [0.717, 1.165) is 50.5 Å². The zero-order valence-corrected chi connectivity index (χ0v) is 12.2. The molecule has 0 spiro atoms. The highest BCUT2D eigenvalue weighted by Crippen LogP contribution is 2.53. The van der Waals surface area contributed by atoms with Gasteiger partial charge in [0.25, 0.3) is 0 Å². The van der Waals surface area contributed by atoms with E-state index in [9.17, 15) is 10.4 Å². The summed E-state index contributed by atoms with van der Waals surface area (Å²) in [5.74, 6) is 0.569. The Kier molecular flexibility index (Phi) is 3.34. The summed E-state index contributed by atoms with van der Waals surface area (Å²) >= 11 is 0. The van der Waals surface area contributed by atoms with Gasteiger partial charge in [0.2, 0.25) is 0 Å². The van der Waals surface area contributed by atoms with E-state index in [0.29, 0.717) is 5.92 Å². The van der Waals surface area contributed by atoms with Crippen molar-refractivity contribution in [3.8, 4) is 6.07 Å². The lowest BCUT2D eigenvalue weighted by molar-refractivity contribution is -0.0213. The third-order valence-corrected chi connectivity index (χ3v) is 5.63. The Morgan fingerprint density at radius 3 is 2.85 bits per heavy atom. The molecular weight excluding hydrogens is 246 g/mol. The van der Waals surface area contributed by atoms with Crippen LogP contribution >= 0.6 is 0 Å². The van der Waals surface area contributed by atoms with Crippen molar-refractivity contribution in [2.24, 2.45) is 5.92 Å². The van der Waals surface area contributed by atoms with E-state index in [1.165, 1.54) is 5.56 Å².